The Hall–Kier alpha value is -3.94. The molecular weight excluding hydrogens is 387 g/mol. The minimum absolute atomic E-state index is 0.0334. The molecule has 0 radical (unpaired) electrons. The molecule has 2 N–H and O–H groups in total. The summed E-state index contributed by atoms with van der Waals surface area (Å²) in [5.41, 5.74) is 4.72. The molecule has 0 bridgehead atoms. The van der Waals surface area contributed by atoms with Crippen molar-refractivity contribution in [3.05, 3.63) is 82.5 Å². The minimum Gasteiger partial charge on any atom is -0.360 e. The summed E-state index contributed by atoms with van der Waals surface area (Å²) in [4.78, 5) is 29.9. The molecule has 0 aliphatic carbocycles. The lowest BCUT2D eigenvalue weighted by Gasteiger charge is -2.21. The molecule has 0 fully saturated rings. The van der Waals surface area contributed by atoms with Crippen LogP contribution in [0.4, 0.5) is 5.82 Å². The first-order chi connectivity index (χ1) is 15.0. The van der Waals surface area contributed by atoms with Gasteiger partial charge in [-0.25, -0.2) is 15.0 Å². The number of anilines is 1. The molecule has 0 spiro atoms. The number of nitrogens with zero attached hydrogens (tertiary/aromatic N) is 4. The molecule has 31 heavy (non-hydrogen) atoms. The number of benzene rings is 2. The zero-order chi connectivity index (χ0) is 21.5. The second-order valence-electron chi connectivity index (χ2n) is 7.69. The normalized spacial score (nSPS) is 12.3. The number of H-pyrrole nitrogens is 1. The highest BCUT2D eigenvalue weighted by atomic mass is 16.1. The Labute approximate surface area is 179 Å². The van der Waals surface area contributed by atoms with Gasteiger partial charge in [-0.3, -0.25) is 9.36 Å². The van der Waals surface area contributed by atoms with Gasteiger partial charge in [0.25, 0.3) is 5.56 Å². The topological polar surface area (TPSA) is 88.5 Å². The van der Waals surface area contributed by atoms with Crippen molar-refractivity contribution in [2.24, 2.45) is 0 Å². The first-order valence-electron chi connectivity index (χ1n) is 10.2. The molecule has 3 heterocycles. The Kier molecular flexibility index (Phi) is 4.54. The van der Waals surface area contributed by atoms with Crippen LogP contribution in [0.5, 0.6) is 0 Å². The number of para-hydroxylation sites is 1. The average Bonchev–Trinajstić information content (AvgIpc) is 3.15. The van der Waals surface area contributed by atoms with Crippen LogP contribution in [0.1, 0.15) is 24.2 Å². The van der Waals surface area contributed by atoms with E-state index in [0.717, 1.165) is 33.4 Å². The standard InChI is InChI=1S/C23H21BN6O/c1-13-7-6-8-15-11-17(30(22(31)18(13)15)16-9-4-3-5-10-16)14(2)27-20-19-21(26-12-25-20)29-23(24)28-19/h3-12,14H,24H2,1-2H3,(H2,25,26,27,28,29)/t14-/m0/s1. The van der Waals surface area contributed by atoms with Crippen LogP contribution in [0.3, 0.4) is 0 Å². The van der Waals surface area contributed by atoms with Crippen molar-refractivity contribution < 1.29 is 0 Å². The molecule has 2 aromatic carbocycles. The van der Waals surface area contributed by atoms with Gasteiger partial charge in [0.05, 0.1) is 17.2 Å². The van der Waals surface area contributed by atoms with E-state index in [9.17, 15) is 4.79 Å². The maximum atomic E-state index is 13.6. The van der Waals surface area contributed by atoms with Crippen LogP contribution in [-0.2, 0) is 0 Å². The smallest absolute Gasteiger partial charge is 0.263 e. The number of aromatic amines is 1. The quantitative estimate of drug-likeness (QED) is 0.446. The van der Waals surface area contributed by atoms with E-state index < -0.39 is 0 Å². The summed E-state index contributed by atoms with van der Waals surface area (Å²) in [5, 5.41) is 5.09. The van der Waals surface area contributed by atoms with Crippen molar-refractivity contribution in [2.75, 3.05) is 5.32 Å². The van der Waals surface area contributed by atoms with E-state index in [1.165, 1.54) is 6.33 Å². The molecule has 3 aromatic heterocycles. The molecule has 0 saturated heterocycles. The van der Waals surface area contributed by atoms with E-state index in [1.807, 2.05) is 70.2 Å². The Balaban J connectivity index is 1.70. The summed E-state index contributed by atoms with van der Waals surface area (Å²) in [6, 6.07) is 17.5. The zero-order valence-electron chi connectivity index (χ0n) is 17.5. The van der Waals surface area contributed by atoms with Gasteiger partial charge in [0.2, 0.25) is 0 Å². The largest absolute Gasteiger partial charge is 0.360 e. The second kappa shape index (κ2) is 7.39. The van der Waals surface area contributed by atoms with Gasteiger partial charge in [-0.2, -0.15) is 0 Å². The van der Waals surface area contributed by atoms with Gasteiger partial charge >= 0.3 is 0 Å². The van der Waals surface area contributed by atoms with Gasteiger partial charge < -0.3 is 10.3 Å². The van der Waals surface area contributed by atoms with E-state index in [1.54, 1.807) is 4.57 Å². The maximum Gasteiger partial charge on any atom is 0.263 e. The Bertz CT molecular complexity index is 1470. The minimum atomic E-state index is -0.215. The highest BCUT2D eigenvalue weighted by molar-refractivity contribution is 6.30. The fourth-order valence-electron chi connectivity index (χ4n) is 4.05. The fourth-order valence-corrected chi connectivity index (χ4v) is 4.05. The fraction of sp³-hybridized carbons (Fsp3) is 0.130. The highest BCUT2D eigenvalue weighted by Crippen LogP contribution is 2.26. The predicted molar refractivity (Wildman–Crippen MR) is 126 cm³/mol. The number of fused-ring (bicyclic) bond motifs is 2. The molecule has 0 unspecified atom stereocenters. The number of aryl methyl sites for hydroxylation is 1. The first kappa shape index (κ1) is 19.1. The molecule has 8 heteroatoms. The van der Waals surface area contributed by atoms with Crippen LogP contribution in [0.25, 0.3) is 27.6 Å². The molecule has 0 aliphatic heterocycles. The van der Waals surface area contributed by atoms with E-state index >= 15 is 0 Å². The van der Waals surface area contributed by atoms with E-state index in [4.69, 9.17) is 0 Å². The monoisotopic (exact) mass is 408 g/mol. The zero-order valence-corrected chi connectivity index (χ0v) is 17.5. The number of rotatable bonds is 4. The third-order valence-electron chi connectivity index (χ3n) is 5.50. The van der Waals surface area contributed by atoms with Gasteiger partial charge in [0.1, 0.15) is 11.8 Å². The number of aromatic nitrogens is 5. The Morgan fingerprint density at radius 2 is 1.90 bits per heavy atom. The molecule has 0 aliphatic rings. The maximum absolute atomic E-state index is 13.6. The van der Waals surface area contributed by atoms with E-state index in [-0.39, 0.29) is 11.6 Å². The summed E-state index contributed by atoms with van der Waals surface area (Å²) in [7, 11) is 1.88. The number of hydrogen-bond donors (Lipinski definition) is 2. The van der Waals surface area contributed by atoms with Crippen molar-refractivity contribution in [3.63, 3.8) is 0 Å². The number of imidazole rings is 1. The van der Waals surface area contributed by atoms with Crippen molar-refractivity contribution in [3.8, 4) is 5.69 Å². The van der Waals surface area contributed by atoms with Gasteiger partial charge in [-0.15, -0.1) is 0 Å². The lowest BCUT2D eigenvalue weighted by atomic mass is 10.0. The molecular formula is C23H21BN6O. The van der Waals surface area contributed by atoms with Crippen molar-refractivity contribution >= 4 is 41.3 Å². The van der Waals surface area contributed by atoms with Crippen LogP contribution in [0.2, 0.25) is 0 Å². The van der Waals surface area contributed by atoms with E-state index in [2.05, 4.69) is 31.3 Å². The first-order valence-corrected chi connectivity index (χ1v) is 10.2. The summed E-state index contributed by atoms with van der Waals surface area (Å²) in [5.74, 6) is 0.623. The lowest BCUT2D eigenvalue weighted by molar-refractivity contribution is 0.774. The van der Waals surface area contributed by atoms with Crippen LogP contribution >= 0.6 is 0 Å². The molecule has 7 nitrogen and oxygen atoms in total. The number of pyridine rings is 1. The van der Waals surface area contributed by atoms with Gasteiger partial charge in [0.15, 0.2) is 19.3 Å². The lowest BCUT2D eigenvalue weighted by Crippen LogP contribution is -2.26. The van der Waals surface area contributed by atoms with Crippen LogP contribution in [0, 0.1) is 6.92 Å². The van der Waals surface area contributed by atoms with Crippen LogP contribution < -0.4 is 16.6 Å². The van der Waals surface area contributed by atoms with Crippen LogP contribution in [-0.4, -0.2) is 32.3 Å². The Morgan fingerprint density at radius 1 is 1.10 bits per heavy atom. The number of hydrogen-bond acceptors (Lipinski definition) is 5. The van der Waals surface area contributed by atoms with Crippen LogP contribution in [0.15, 0.2) is 65.7 Å². The summed E-state index contributed by atoms with van der Waals surface area (Å²) in [6.07, 6.45) is 1.50. The number of nitrogens with one attached hydrogen (secondary N) is 2. The van der Waals surface area contributed by atoms with Crippen molar-refractivity contribution in [2.45, 2.75) is 19.9 Å². The van der Waals surface area contributed by atoms with Gasteiger partial charge in [-0.05, 0) is 43.0 Å². The summed E-state index contributed by atoms with van der Waals surface area (Å²) < 4.78 is 1.78. The second-order valence-corrected chi connectivity index (χ2v) is 7.69. The molecule has 5 rings (SSSR count). The Morgan fingerprint density at radius 3 is 2.71 bits per heavy atom. The van der Waals surface area contributed by atoms with Crippen molar-refractivity contribution in [1.29, 1.82) is 0 Å². The molecule has 1 atom stereocenters. The summed E-state index contributed by atoms with van der Waals surface area (Å²) >= 11 is 0. The molecule has 152 valence electrons. The highest BCUT2D eigenvalue weighted by Gasteiger charge is 2.19. The molecule has 0 saturated carbocycles. The summed E-state index contributed by atoms with van der Waals surface area (Å²) in [6.45, 7) is 3.99. The molecule has 5 aromatic rings. The van der Waals surface area contributed by atoms with Gasteiger partial charge in [-0.1, -0.05) is 36.4 Å². The predicted octanol–water partition coefficient (Wildman–Crippen LogP) is 2.40. The third kappa shape index (κ3) is 3.26. The SMILES string of the molecule is Bc1nc2c(N[C@@H](C)c3cc4cccc(C)c4c(=O)n3-c3ccccc3)ncnc2[nH]1. The van der Waals surface area contributed by atoms with Gasteiger partial charge in [0, 0.05) is 11.4 Å². The molecule has 0 amide bonds. The van der Waals surface area contributed by atoms with E-state index in [0.29, 0.717) is 17.0 Å². The average molecular weight is 408 g/mol. The van der Waals surface area contributed by atoms with Crippen molar-refractivity contribution in [1.82, 2.24) is 24.5 Å². The third-order valence-corrected chi connectivity index (χ3v) is 5.50.